The Morgan fingerprint density at radius 3 is 2.47 bits per heavy atom. The molecule has 2 rings (SSSR count). The van der Waals surface area contributed by atoms with Crippen LogP contribution in [0.5, 0.6) is 0 Å². The second kappa shape index (κ2) is 6.33. The third kappa shape index (κ3) is 3.24. The number of rotatable bonds is 3. The average Bonchev–Trinajstić information content (AvgIpc) is 2.63. The van der Waals surface area contributed by atoms with Crippen molar-refractivity contribution in [3.63, 3.8) is 0 Å². The Morgan fingerprint density at radius 1 is 1.21 bits per heavy atom. The minimum Gasteiger partial charge on any atom is -0.392 e. The van der Waals surface area contributed by atoms with Crippen molar-refractivity contribution in [1.82, 2.24) is 0 Å². The van der Waals surface area contributed by atoms with Crippen LogP contribution in [0.25, 0.3) is 0 Å². The largest absolute Gasteiger partial charge is 0.392 e. The molecule has 1 heterocycles. The van der Waals surface area contributed by atoms with Crippen LogP contribution in [-0.2, 0) is 6.61 Å². The predicted octanol–water partition coefficient (Wildman–Crippen LogP) is 3.47. The summed E-state index contributed by atoms with van der Waals surface area (Å²) >= 11 is 0. The van der Waals surface area contributed by atoms with Crippen molar-refractivity contribution in [3.8, 4) is 0 Å². The summed E-state index contributed by atoms with van der Waals surface area (Å²) in [6.07, 6.45) is 4.21. The highest BCUT2D eigenvalue weighted by Gasteiger charge is 2.21. The summed E-state index contributed by atoms with van der Waals surface area (Å²) in [5, 5.41) is 8.95. The number of aliphatic hydroxyl groups is 1. The standard InChI is InChI=1S/C15H21F2NO/c1-2-11-4-3-6-18(7-5-11)15-13(16)8-12(10-19)9-14(15)17/h8-9,11,19H,2-7,10H2,1H3. The number of anilines is 1. The van der Waals surface area contributed by atoms with Gasteiger partial charge in [0.1, 0.15) is 17.3 Å². The normalized spacial score (nSPS) is 20.4. The molecule has 0 spiro atoms. The predicted molar refractivity (Wildman–Crippen MR) is 72.1 cm³/mol. The highest BCUT2D eigenvalue weighted by atomic mass is 19.1. The van der Waals surface area contributed by atoms with Crippen molar-refractivity contribution in [2.45, 2.75) is 39.2 Å². The number of hydrogen-bond donors (Lipinski definition) is 1. The van der Waals surface area contributed by atoms with E-state index in [2.05, 4.69) is 6.92 Å². The summed E-state index contributed by atoms with van der Waals surface area (Å²) in [7, 11) is 0. The fourth-order valence-corrected chi connectivity index (χ4v) is 2.81. The number of benzene rings is 1. The van der Waals surface area contributed by atoms with E-state index in [1.54, 1.807) is 0 Å². The molecule has 1 unspecified atom stereocenters. The van der Waals surface area contributed by atoms with E-state index in [4.69, 9.17) is 5.11 Å². The Bertz CT molecular complexity index is 413. The van der Waals surface area contributed by atoms with Crippen molar-refractivity contribution >= 4 is 5.69 Å². The Balaban J connectivity index is 2.21. The van der Waals surface area contributed by atoms with Crippen LogP contribution >= 0.6 is 0 Å². The number of aliphatic hydroxyl groups excluding tert-OH is 1. The van der Waals surface area contributed by atoms with Crippen LogP contribution in [0.15, 0.2) is 12.1 Å². The van der Waals surface area contributed by atoms with Crippen LogP contribution < -0.4 is 4.90 Å². The summed E-state index contributed by atoms with van der Waals surface area (Å²) in [5.74, 6) is -0.481. The zero-order valence-electron chi connectivity index (χ0n) is 11.3. The molecule has 1 aromatic carbocycles. The minimum atomic E-state index is -0.570. The van der Waals surface area contributed by atoms with Crippen molar-refractivity contribution < 1.29 is 13.9 Å². The molecule has 0 amide bonds. The van der Waals surface area contributed by atoms with E-state index >= 15 is 0 Å². The highest BCUT2D eigenvalue weighted by molar-refractivity contribution is 5.50. The lowest BCUT2D eigenvalue weighted by molar-refractivity contribution is 0.280. The minimum absolute atomic E-state index is 0.0638. The molecule has 1 aliphatic heterocycles. The van der Waals surface area contributed by atoms with E-state index in [0.29, 0.717) is 19.0 Å². The fraction of sp³-hybridized carbons (Fsp3) is 0.600. The van der Waals surface area contributed by atoms with E-state index in [9.17, 15) is 8.78 Å². The summed E-state index contributed by atoms with van der Waals surface area (Å²) in [6, 6.07) is 2.45. The number of halogens is 2. The van der Waals surface area contributed by atoms with Gasteiger partial charge in [-0.3, -0.25) is 0 Å². The van der Waals surface area contributed by atoms with Gasteiger partial charge in [0.2, 0.25) is 0 Å². The lowest BCUT2D eigenvalue weighted by atomic mass is 9.98. The summed E-state index contributed by atoms with van der Waals surface area (Å²) in [4.78, 5) is 1.81. The first kappa shape index (κ1) is 14.3. The number of hydrogen-bond acceptors (Lipinski definition) is 2. The second-order valence-corrected chi connectivity index (χ2v) is 5.26. The van der Waals surface area contributed by atoms with Crippen molar-refractivity contribution in [1.29, 1.82) is 0 Å². The van der Waals surface area contributed by atoms with E-state index < -0.39 is 11.6 Å². The molecular formula is C15H21F2NO. The fourth-order valence-electron chi connectivity index (χ4n) is 2.81. The average molecular weight is 269 g/mol. The Morgan fingerprint density at radius 2 is 1.89 bits per heavy atom. The van der Waals surface area contributed by atoms with Gasteiger partial charge in [0.15, 0.2) is 0 Å². The molecular weight excluding hydrogens is 248 g/mol. The molecule has 1 atom stereocenters. The summed E-state index contributed by atoms with van der Waals surface area (Å²) in [6.45, 7) is 3.22. The third-order valence-corrected chi connectivity index (χ3v) is 4.00. The Labute approximate surface area is 113 Å². The van der Waals surface area contributed by atoms with Crippen LogP contribution in [0.3, 0.4) is 0 Å². The zero-order valence-corrected chi connectivity index (χ0v) is 11.3. The Hall–Kier alpha value is -1.16. The smallest absolute Gasteiger partial charge is 0.149 e. The summed E-state index contributed by atoms with van der Waals surface area (Å²) in [5.41, 5.74) is 0.342. The molecule has 0 aliphatic carbocycles. The third-order valence-electron chi connectivity index (χ3n) is 4.00. The van der Waals surface area contributed by atoms with Gasteiger partial charge in [0.25, 0.3) is 0 Å². The van der Waals surface area contributed by atoms with Gasteiger partial charge in [-0.2, -0.15) is 0 Å². The van der Waals surface area contributed by atoms with Crippen LogP contribution in [0, 0.1) is 17.6 Å². The molecule has 0 aromatic heterocycles. The lowest BCUT2D eigenvalue weighted by Gasteiger charge is -2.24. The van der Waals surface area contributed by atoms with Crippen molar-refractivity contribution in [3.05, 3.63) is 29.3 Å². The molecule has 1 aliphatic rings. The van der Waals surface area contributed by atoms with Crippen LogP contribution in [-0.4, -0.2) is 18.2 Å². The van der Waals surface area contributed by atoms with Crippen LogP contribution in [0.2, 0.25) is 0 Å². The maximum absolute atomic E-state index is 14.0. The van der Waals surface area contributed by atoms with E-state index in [0.717, 1.165) is 25.7 Å². The van der Waals surface area contributed by atoms with Crippen LogP contribution in [0.4, 0.5) is 14.5 Å². The number of nitrogens with zero attached hydrogens (tertiary/aromatic N) is 1. The first-order valence-corrected chi connectivity index (χ1v) is 6.99. The van der Waals surface area contributed by atoms with Gasteiger partial charge in [-0.1, -0.05) is 13.3 Å². The van der Waals surface area contributed by atoms with Gasteiger partial charge in [-0.25, -0.2) is 8.78 Å². The molecule has 1 N–H and O–H groups in total. The van der Waals surface area contributed by atoms with E-state index in [1.807, 2.05) is 4.90 Å². The topological polar surface area (TPSA) is 23.5 Å². The Kier molecular flexibility index (Phi) is 4.75. The summed E-state index contributed by atoms with van der Waals surface area (Å²) < 4.78 is 28.0. The molecule has 1 saturated heterocycles. The first-order chi connectivity index (χ1) is 9.15. The molecule has 0 bridgehead atoms. The van der Waals surface area contributed by atoms with Crippen molar-refractivity contribution in [2.24, 2.45) is 5.92 Å². The second-order valence-electron chi connectivity index (χ2n) is 5.26. The molecule has 1 fully saturated rings. The molecule has 4 heteroatoms. The highest BCUT2D eigenvalue weighted by Crippen LogP contribution is 2.29. The molecule has 2 nitrogen and oxygen atoms in total. The van der Waals surface area contributed by atoms with Gasteiger partial charge >= 0.3 is 0 Å². The monoisotopic (exact) mass is 269 g/mol. The van der Waals surface area contributed by atoms with Crippen molar-refractivity contribution in [2.75, 3.05) is 18.0 Å². The first-order valence-electron chi connectivity index (χ1n) is 6.99. The van der Waals surface area contributed by atoms with Gasteiger partial charge < -0.3 is 10.0 Å². The maximum atomic E-state index is 14.0. The van der Waals surface area contributed by atoms with E-state index in [-0.39, 0.29) is 17.9 Å². The van der Waals surface area contributed by atoms with Gasteiger partial charge in [0, 0.05) is 13.1 Å². The van der Waals surface area contributed by atoms with Gasteiger partial charge in [0.05, 0.1) is 6.61 Å². The molecule has 0 radical (unpaired) electrons. The lowest BCUT2D eigenvalue weighted by Crippen LogP contribution is -2.26. The maximum Gasteiger partial charge on any atom is 0.149 e. The molecule has 106 valence electrons. The van der Waals surface area contributed by atoms with Crippen LogP contribution in [0.1, 0.15) is 38.2 Å². The van der Waals surface area contributed by atoms with Gasteiger partial charge in [-0.15, -0.1) is 0 Å². The zero-order chi connectivity index (χ0) is 13.8. The van der Waals surface area contributed by atoms with Gasteiger partial charge in [-0.05, 0) is 42.9 Å². The molecule has 19 heavy (non-hydrogen) atoms. The quantitative estimate of drug-likeness (QED) is 0.908. The molecule has 1 aromatic rings. The molecule has 0 saturated carbocycles. The van der Waals surface area contributed by atoms with E-state index in [1.165, 1.54) is 12.1 Å². The SMILES string of the molecule is CCC1CCCN(c2c(F)cc(CO)cc2F)CC1.